The summed E-state index contributed by atoms with van der Waals surface area (Å²) in [6.45, 7) is 5.77. The molecule has 82 valence electrons. The van der Waals surface area contributed by atoms with Gasteiger partial charge in [-0.05, 0) is 37.4 Å². The van der Waals surface area contributed by atoms with Gasteiger partial charge < -0.3 is 5.32 Å². The van der Waals surface area contributed by atoms with Crippen LogP contribution in [0, 0.1) is 5.92 Å². The molecule has 2 heterocycles. The fraction of sp³-hybridized carbons (Fsp3) is 0.615. The summed E-state index contributed by atoms with van der Waals surface area (Å²) in [4.78, 5) is 4.43. The van der Waals surface area contributed by atoms with Crippen LogP contribution in [0.2, 0.25) is 0 Å². The molecule has 0 aliphatic carbocycles. The van der Waals surface area contributed by atoms with Crippen molar-refractivity contribution in [3.05, 3.63) is 30.1 Å². The third-order valence-electron chi connectivity index (χ3n) is 3.60. The highest BCUT2D eigenvalue weighted by Crippen LogP contribution is 2.30. The minimum absolute atomic E-state index is 0.286. The summed E-state index contributed by atoms with van der Waals surface area (Å²) in [6.07, 6.45) is 5.52. The van der Waals surface area contributed by atoms with Gasteiger partial charge >= 0.3 is 0 Å². The van der Waals surface area contributed by atoms with Gasteiger partial charge in [0.25, 0.3) is 0 Å². The molecule has 1 N–H and O–H groups in total. The van der Waals surface area contributed by atoms with E-state index in [9.17, 15) is 0 Å². The van der Waals surface area contributed by atoms with Crippen LogP contribution in [0.5, 0.6) is 0 Å². The Bertz CT molecular complexity index is 300. The van der Waals surface area contributed by atoms with Gasteiger partial charge in [0.1, 0.15) is 0 Å². The summed E-state index contributed by atoms with van der Waals surface area (Å²) >= 11 is 0. The Morgan fingerprint density at radius 3 is 2.87 bits per heavy atom. The van der Waals surface area contributed by atoms with E-state index < -0.39 is 0 Å². The lowest BCUT2D eigenvalue weighted by molar-refractivity contribution is 0.267. The van der Waals surface area contributed by atoms with Crippen molar-refractivity contribution >= 4 is 0 Å². The third kappa shape index (κ3) is 2.20. The van der Waals surface area contributed by atoms with Crippen molar-refractivity contribution in [1.82, 2.24) is 10.3 Å². The first-order valence-electron chi connectivity index (χ1n) is 5.88. The Morgan fingerprint density at radius 2 is 2.33 bits per heavy atom. The highest BCUT2D eigenvalue weighted by atomic mass is 15.0. The van der Waals surface area contributed by atoms with Crippen LogP contribution in [0.1, 0.15) is 32.4 Å². The van der Waals surface area contributed by atoms with Gasteiger partial charge in [0.2, 0.25) is 0 Å². The second-order valence-corrected chi connectivity index (χ2v) is 4.84. The van der Waals surface area contributed by atoms with Gasteiger partial charge in [0.05, 0.1) is 0 Å². The number of aromatic nitrogens is 1. The topological polar surface area (TPSA) is 24.9 Å². The van der Waals surface area contributed by atoms with Gasteiger partial charge in [-0.3, -0.25) is 4.98 Å². The van der Waals surface area contributed by atoms with E-state index in [-0.39, 0.29) is 5.54 Å². The molecule has 0 radical (unpaired) electrons. The molecule has 1 aliphatic rings. The van der Waals surface area contributed by atoms with Gasteiger partial charge in [0, 0.05) is 23.9 Å². The fourth-order valence-electron chi connectivity index (χ4n) is 2.50. The molecule has 1 atom stereocenters. The second-order valence-electron chi connectivity index (χ2n) is 4.84. The van der Waals surface area contributed by atoms with Crippen LogP contribution in [-0.2, 0) is 6.42 Å². The van der Waals surface area contributed by atoms with Crippen LogP contribution in [0.15, 0.2) is 24.4 Å². The quantitative estimate of drug-likeness (QED) is 0.818. The molecule has 2 nitrogen and oxygen atoms in total. The number of rotatable bonds is 3. The summed E-state index contributed by atoms with van der Waals surface area (Å²) < 4.78 is 0. The van der Waals surface area contributed by atoms with E-state index in [4.69, 9.17) is 0 Å². The molecule has 1 aromatic rings. The van der Waals surface area contributed by atoms with Crippen LogP contribution in [0.25, 0.3) is 0 Å². The molecule has 1 fully saturated rings. The molecule has 0 spiro atoms. The number of nitrogens with zero attached hydrogens (tertiary/aromatic N) is 1. The van der Waals surface area contributed by atoms with E-state index in [1.54, 1.807) is 0 Å². The number of pyridine rings is 1. The van der Waals surface area contributed by atoms with Crippen LogP contribution >= 0.6 is 0 Å². The molecular weight excluding hydrogens is 184 g/mol. The van der Waals surface area contributed by atoms with Crippen molar-refractivity contribution in [1.29, 1.82) is 0 Å². The first kappa shape index (κ1) is 10.6. The van der Waals surface area contributed by atoms with E-state index in [0.717, 1.165) is 13.0 Å². The molecule has 15 heavy (non-hydrogen) atoms. The van der Waals surface area contributed by atoms with Gasteiger partial charge in [-0.15, -0.1) is 0 Å². The Balaban J connectivity index is 2.14. The van der Waals surface area contributed by atoms with E-state index in [1.165, 1.54) is 18.5 Å². The van der Waals surface area contributed by atoms with Crippen molar-refractivity contribution in [2.24, 2.45) is 5.92 Å². The standard InChI is InChI=1S/C13H20N2/c1-11(2)13(7-5-9-15-13)10-12-6-3-4-8-14-12/h3-4,6,8,11,15H,5,7,9-10H2,1-2H3. The smallest absolute Gasteiger partial charge is 0.0422 e. The molecule has 0 amide bonds. The Hall–Kier alpha value is -0.890. The monoisotopic (exact) mass is 204 g/mol. The maximum atomic E-state index is 4.43. The molecule has 1 saturated heterocycles. The lowest BCUT2D eigenvalue weighted by atomic mass is 9.81. The molecule has 1 aliphatic heterocycles. The van der Waals surface area contributed by atoms with Crippen molar-refractivity contribution in [2.45, 2.75) is 38.6 Å². The molecule has 0 aromatic carbocycles. The summed E-state index contributed by atoms with van der Waals surface area (Å²) in [5.74, 6) is 0.669. The zero-order valence-electron chi connectivity index (χ0n) is 9.66. The van der Waals surface area contributed by atoms with Gasteiger partial charge in [0.15, 0.2) is 0 Å². The van der Waals surface area contributed by atoms with Crippen LogP contribution in [0.4, 0.5) is 0 Å². The average molecular weight is 204 g/mol. The molecule has 0 saturated carbocycles. The Labute approximate surface area is 92.1 Å². The first-order chi connectivity index (χ1) is 7.23. The van der Waals surface area contributed by atoms with Crippen molar-refractivity contribution in [2.75, 3.05) is 6.54 Å². The first-order valence-corrected chi connectivity index (χ1v) is 5.88. The summed E-state index contributed by atoms with van der Waals surface area (Å²) in [6, 6.07) is 6.18. The third-order valence-corrected chi connectivity index (χ3v) is 3.60. The van der Waals surface area contributed by atoms with Crippen molar-refractivity contribution in [3.63, 3.8) is 0 Å². The summed E-state index contributed by atoms with van der Waals surface area (Å²) in [5, 5.41) is 3.68. The van der Waals surface area contributed by atoms with Crippen LogP contribution in [0.3, 0.4) is 0 Å². The van der Waals surface area contributed by atoms with Crippen molar-refractivity contribution in [3.8, 4) is 0 Å². The van der Waals surface area contributed by atoms with Gasteiger partial charge in [-0.1, -0.05) is 19.9 Å². The molecule has 2 heteroatoms. The van der Waals surface area contributed by atoms with E-state index in [0.29, 0.717) is 5.92 Å². The predicted octanol–water partition coefficient (Wildman–Crippen LogP) is 2.40. The minimum Gasteiger partial charge on any atom is -0.311 e. The molecule has 2 rings (SSSR count). The Morgan fingerprint density at radius 1 is 1.47 bits per heavy atom. The lowest BCUT2D eigenvalue weighted by Crippen LogP contribution is -2.46. The van der Waals surface area contributed by atoms with Crippen molar-refractivity contribution < 1.29 is 0 Å². The highest BCUT2D eigenvalue weighted by molar-refractivity contribution is 5.11. The second kappa shape index (κ2) is 4.31. The van der Waals surface area contributed by atoms with E-state index in [2.05, 4.69) is 36.3 Å². The predicted molar refractivity (Wildman–Crippen MR) is 62.7 cm³/mol. The average Bonchev–Trinajstić information content (AvgIpc) is 2.69. The zero-order valence-corrected chi connectivity index (χ0v) is 9.66. The maximum absolute atomic E-state index is 4.43. The summed E-state index contributed by atoms with van der Waals surface area (Å²) in [7, 11) is 0. The lowest BCUT2D eigenvalue weighted by Gasteiger charge is -2.33. The number of nitrogens with one attached hydrogen (secondary N) is 1. The molecule has 1 aromatic heterocycles. The fourth-order valence-corrected chi connectivity index (χ4v) is 2.50. The molecule has 1 unspecified atom stereocenters. The van der Waals surface area contributed by atoms with E-state index in [1.807, 2.05) is 12.3 Å². The molecular formula is C13H20N2. The largest absolute Gasteiger partial charge is 0.311 e. The zero-order chi connectivity index (χ0) is 10.7. The highest BCUT2D eigenvalue weighted by Gasteiger charge is 2.36. The molecule has 0 bridgehead atoms. The van der Waals surface area contributed by atoms with E-state index >= 15 is 0 Å². The van der Waals surface area contributed by atoms with Gasteiger partial charge in [-0.2, -0.15) is 0 Å². The number of hydrogen-bond donors (Lipinski definition) is 1. The van der Waals surface area contributed by atoms with Gasteiger partial charge in [-0.25, -0.2) is 0 Å². The SMILES string of the molecule is CC(C)C1(Cc2ccccn2)CCCN1. The minimum atomic E-state index is 0.286. The normalized spacial score (nSPS) is 26.1. The Kier molecular flexibility index (Phi) is 3.06. The van der Waals surface area contributed by atoms with Crippen LogP contribution in [-0.4, -0.2) is 17.1 Å². The summed E-state index contributed by atoms with van der Waals surface area (Å²) in [5.41, 5.74) is 1.49. The number of hydrogen-bond acceptors (Lipinski definition) is 2. The maximum Gasteiger partial charge on any atom is 0.0422 e. The van der Waals surface area contributed by atoms with Crippen LogP contribution < -0.4 is 5.32 Å².